The second kappa shape index (κ2) is 5.61. The Kier molecular flexibility index (Phi) is 4.24. The van der Waals surface area contributed by atoms with Crippen LogP contribution in [-0.2, 0) is 4.79 Å². The minimum absolute atomic E-state index is 0.0126. The molecule has 0 radical (unpaired) electrons. The summed E-state index contributed by atoms with van der Waals surface area (Å²) >= 11 is 0. The Morgan fingerprint density at radius 3 is 2.85 bits per heavy atom. The standard InChI is InChI=1S/C15H20F2N2O/c1-15(2)12-4-3-5-19(9-13(16)17)8-11(12)6-10(7-18)14(15)20/h6,11-13H,3-5,8-9H2,1-2H3. The summed E-state index contributed by atoms with van der Waals surface area (Å²) in [5, 5.41) is 9.09. The van der Waals surface area contributed by atoms with Crippen LogP contribution >= 0.6 is 0 Å². The van der Waals surface area contributed by atoms with E-state index in [1.54, 1.807) is 11.0 Å². The van der Waals surface area contributed by atoms with Gasteiger partial charge in [0.25, 0.3) is 6.43 Å². The third kappa shape index (κ3) is 2.76. The number of likely N-dealkylation sites (tertiary alicyclic amines) is 1. The van der Waals surface area contributed by atoms with Gasteiger partial charge >= 0.3 is 0 Å². The minimum Gasteiger partial charge on any atom is -0.297 e. The maximum absolute atomic E-state index is 12.6. The summed E-state index contributed by atoms with van der Waals surface area (Å²) in [6, 6.07) is 1.96. The van der Waals surface area contributed by atoms with Gasteiger partial charge in [-0.25, -0.2) is 8.78 Å². The van der Waals surface area contributed by atoms with Crippen LogP contribution in [0, 0.1) is 28.6 Å². The normalized spacial score (nSPS) is 30.4. The van der Waals surface area contributed by atoms with Gasteiger partial charge in [-0.3, -0.25) is 9.69 Å². The van der Waals surface area contributed by atoms with Crippen LogP contribution in [0.3, 0.4) is 0 Å². The summed E-state index contributed by atoms with van der Waals surface area (Å²) in [4.78, 5) is 14.0. The molecule has 1 aliphatic heterocycles. The van der Waals surface area contributed by atoms with Crippen LogP contribution in [0.1, 0.15) is 26.7 Å². The summed E-state index contributed by atoms with van der Waals surface area (Å²) in [5.41, 5.74) is -0.388. The first kappa shape index (κ1) is 15.1. The topological polar surface area (TPSA) is 44.1 Å². The monoisotopic (exact) mass is 282 g/mol. The second-order valence-corrected chi connectivity index (χ2v) is 6.31. The van der Waals surface area contributed by atoms with Crippen LogP contribution in [0.15, 0.2) is 11.6 Å². The molecular weight excluding hydrogens is 262 g/mol. The van der Waals surface area contributed by atoms with E-state index in [-0.39, 0.29) is 29.7 Å². The smallest absolute Gasteiger partial charge is 0.251 e. The SMILES string of the molecule is CC1(C)C(=O)C(C#N)=CC2CN(CC(F)F)CCCC21. The highest BCUT2D eigenvalue weighted by Gasteiger charge is 2.46. The Bertz CT molecular complexity index is 465. The molecule has 1 fully saturated rings. The van der Waals surface area contributed by atoms with E-state index in [1.807, 2.05) is 19.9 Å². The van der Waals surface area contributed by atoms with Crippen molar-refractivity contribution in [2.75, 3.05) is 19.6 Å². The van der Waals surface area contributed by atoms with Crippen molar-refractivity contribution in [1.82, 2.24) is 4.90 Å². The van der Waals surface area contributed by atoms with Gasteiger partial charge in [-0.15, -0.1) is 0 Å². The zero-order chi connectivity index (χ0) is 14.9. The Labute approximate surface area is 118 Å². The quantitative estimate of drug-likeness (QED) is 0.782. The van der Waals surface area contributed by atoms with Crippen molar-refractivity contribution in [1.29, 1.82) is 5.26 Å². The van der Waals surface area contributed by atoms with Gasteiger partial charge in [0, 0.05) is 12.0 Å². The lowest BCUT2D eigenvalue weighted by Gasteiger charge is -2.40. The number of allylic oxidation sites excluding steroid dienone is 1. The minimum atomic E-state index is -2.34. The van der Waals surface area contributed by atoms with Crippen molar-refractivity contribution < 1.29 is 13.6 Å². The fourth-order valence-corrected chi connectivity index (χ4v) is 3.58. The maximum atomic E-state index is 12.6. The molecule has 0 spiro atoms. The lowest BCUT2D eigenvalue weighted by molar-refractivity contribution is -0.127. The van der Waals surface area contributed by atoms with Gasteiger partial charge in [-0.1, -0.05) is 19.9 Å². The van der Waals surface area contributed by atoms with Crippen molar-refractivity contribution >= 4 is 5.78 Å². The first-order valence-electron chi connectivity index (χ1n) is 7.03. The number of rotatable bonds is 2. The number of nitriles is 1. The molecule has 20 heavy (non-hydrogen) atoms. The zero-order valence-corrected chi connectivity index (χ0v) is 11.9. The highest BCUT2D eigenvalue weighted by Crippen LogP contribution is 2.44. The van der Waals surface area contributed by atoms with Crippen molar-refractivity contribution in [2.45, 2.75) is 33.1 Å². The molecule has 0 bridgehead atoms. The van der Waals surface area contributed by atoms with Crippen LogP contribution in [0.5, 0.6) is 0 Å². The van der Waals surface area contributed by atoms with Crippen LogP contribution in [0.4, 0.5) is 8.78 Å². The molecule has 0 aromatic heterocycles. The molecule has 0 N–H and O–H groups in total. The van der Waals surface area contributed by atoms with E-state index < -0.39 is 11.8 Å². The van der Waals surface area contributed by atoms with E-state index in [1.165, 1.54) is 0 Å². The Morgan fingerprint density at radius 1 is 1.55 bits per heavy atom. The molecule has 1 saturated heterocycles. The number of alkyl halides is 2. The van der Waals surface area contributed by atoms with Crippen molar-refractivity contribution in [2.24, 2.45) is 17.3 Å². The third-order valence-electron chi connectivity index (χ3n) is 4.63. The Hall–Kier alpha value is -1.28. The second-order valence-electron chi connectivity index (χ2n) is 6.31. The number of halogens is 2. The fraction of sp³-hybridized carbons (Fsp3) is 0.733. The summed E-state index contributed by atoms with van der Waals surface area (Å²) in [7, 11) is 0. The number of Topliss-reactive ketones (excluding diaryl/α,β-unsaturated/α-hetero) is 1. The summed E-state index contributed by atoms with van der Waals surface area (Å²) in [5.74, 6) is 0.0388. The molecule has 2 rings (SSSR count). The molecular formula is C15H20F2N2O. The van der Waals surface area contributed by atoms with Gasteiger partial charge in [0.05, 0.1) is 12.1 Å². The molecule has 0 aromatic rings. The zero-order valence-electron chi connectivity index (χ0n) is 11.9. The van der Waals surface area contributed by atoms with E-state index in [0.717, 1.165) is 12.8 Å². The molecule has 0 aromatic carbocycles. The van der Waals surface area contributed by atoms with Crippen molar-refractivity contribution in [3.8, 4) is 6.07 Å². The molecule has 0 saturated carbocycles. The molecule has 1 aliphatic carbocycles. The van der Waals surface area contributed by atoms with Gasteiger partial charge < -0.3 is 0 Å². The summed E-state index contributed by atoms with van der Waals surface area (Å²) < 4.78 is 25.1. The number of fused-ring (bicyclic) bond motifs is 1. The van der Waals surface area contributed by atoms with E-state index >= 15 is 0 Å². The fourth-order valence-electron chi connectivity index (χ4n) is 3.58. The molecule has 2 unspecified atom stereocenters. The van der Waals surface area contributed by atoms with E-state index in [9.17, 15) is 13.6 Å². The van der Waals surface area contributed by atoms with Crippen LogP contribution in [-0.4, -0.2) is 36.7 Å². The van der Waals surface area contributed by atoms with Crippen LogP contribution in [0.2, 0.25) is 0 Å². The maximum Gasteiger partial charge on any atom is 0.251 e. The number of hydrogen-bond donors (Lipinski definition) is 0. The van der Waals surface area contributed by atoms with E-state index in [2.05, 4.69) is 0 Å². The Balaban J connectivity index is 2.27. The van der Waals surface area contributed by atoms with Crippen LogP contribution < -0.4 is 0 Å². The Morgan fingerprint density at radius 2 is 2.25 bits per heavy atom. The van der Waals surface area contributed by atoms with Gasteiger partial charge in [-0.05, 0) is 31.2 Å². The van der Waals surface area contributed by atoms with E-state index in [0.29, 0.717) is 13.1 Å². The lowest BCUT2D eigenvalue weighted by Crippen LogP contribution is -2.44. The van der Waals surface area contributed by atoms with Crippen molar-refractivity contribution in [3.05, 3.63) is 11.6 Å². The number of nitrogens with zero attached hydrogens (tertiary/aromatic N) is 2. The lowest BCUT2D eigenvalue weighted by atomic mass is 9.62. The molecule has 5 heteroatoms. The van der Waals surface area contributed by atoms with Gasteiger partial charge in [0.15, 0.2) is 5.78 Å². The molecule has 110 valence electrons. The molecule has 2 atom stereocenters. The molecule has 1 heterocycles. The number of hydrogen-bond acceptors (Lipinski definition) is 3. The average Bonchev–Trinajstić information content (AvgIpc) is 2.56. The third-order valence-corrected chi connectivity index (χ3v) is 4.63. The van der Waals surface area contributed by atoms with Crippen molar-refractivity contribution in [3.63, 3.8) is 0 Å². The molecule has 2 aliphatic rings. The first-order valence-corrected chi connectivity index (χ1v) is 7.03. The molecule has 0 amide bonds. The van der Waals surface area contributed by atoms with E-state index in [4.69, 9.17) is 5.26 Å². The van der Waals surface area contributed by atoms with Gasteiger partial charge in [0.1, 0.15) is 6.07 Å². The first-order chi connectivity index (χ1) is 9.36. The number of carbonyl (C=O) groups excluding carboxylic acids is 1. The molecule has 3 nitrogen and oxygen atoms in total. The average molecular weight is 282 g/mol. The highest BCUT2D eigenvalue weighted by molar-refractivity contribution is 6.03. The van der Waals surface area contributed by atoms with Gasteiger partial charge in [0.2, 0.25) is 0 Å². The highest BCUT2D eigenvalue weighted by atomic mass is 19.3. The van der Waals surface area contributed by atoms with Crippen LogP contribution in [0.25, 0.3) is 0 Å². The predicted octanol–water partition coefficient (Wildman–Crippen LogP) is 2.64. The summed E-state index contributed by atoms with van der Waals surface area (Å²) in [6.45, 7) is 4.67. The summed E-state index contributed by atoms with van der Waals surface area (Å²) in [6.07, 6.45) is 1.03. The largest absolute Gasteiger partial charge is 0.297 e. The number of carbonyl (C=O) groups is 1. The van der Waals surface area contributed by atoms with Gasteiger partial charge in [-0.2, -0.15) is 5.26 Å². The number of ketones is 1. The predicted molar refractivity (Wildman–Crippen MR) is 71.1 cm³/mol.